The van der Waals surface area contributed by atoms with Crippen molar-refractivity contribution >= 4 is 74.9 Å². The van der Waals surface area contributed by atoms with Crippen LogP contribution in [0.4, 0.5) is 51.2 Å². The number of hydrogen-bond acceptors (Lipinski definition) is 7. The minimum Gasteiger partial charge on any atom is -0.478 e. The Morgan fingerprint density at radius 3 is 1.15 bits per heavy atom. The van der Waals surface area contributed by atoms with Gasteiger partial charge in [-0.05, 0) is 109 Å². The van der Waals surface area contributed by atoms with Gasteiger partial charge in [0.1, 0.15) is 0 Å². The Balaban J connectivity index is 1.51. The lowest BCUT2D eigenvalue weighted by molar-refractivity contribution is -0.132. The molecule has 12 nitrogen and oxygen atoms in total. The molecule has 0 unspecified atom stereocenters. The number of carboxylic acids is 2. The van der Waals surface area contributed by atoms with Crippen LogP contribution < -0.4 is 20.4 Å². The fourth-order valence-corrected chi connectivity index (χ4v) is 5.06. The molecule has 4 N–H and O–H groups in total. The van der Waals surface area contributed by atoms with Crippen molar-refractivity contribution in [2.75, 3.05) is 20.4 Å². The number of rotatable bonds is 12. The minimum atomic E-state index is -1.24. The molecule has 0 atom stereocenters. The van der Waals surface area contributed by atoms with Crippen molar-refractivity contribution in [3.05, 3.63) is 163 Å². The maximum absolute atomic E-state index is 12.2. The maximum atomic E-state index is 12.2. The third kappa shape index (κ3) is 9.14. The molecule has 254 valence electrons. The quantitative estimate of drug-likeness (QED) is 0.0746. The average molecular weight is 689 g/mol. The lowest BCUT2D eigenvalue weighted by Gasteiger charge is -2.28. The first-order valence-corrected chi connectivity index (χ1v) is 15.5. The predicted octanol–water partition coefficient (Wildman–Crippen LogP) is 8.21. The summed E-state index contributed by atoms with van der Waals surface area (Å²) < 4.78 is 0. The molecule has 0 heterocycles. The van der Waals surface area contributed by atoms with Crippen molar-refractivity contribution in [1.29, 1.82) is 5.26 Å². The smallest absolute Gasteiger partial charge is 0.328 e. The molecule has 0 radical (unpaired) electrons. The van der Waals surface area contributed by atoms with E-state index in [2.05, 4.69) is 21.5 Å². The lowest BCUT2D eigenvalue weighted by Crippen LogP contribution is -2.13. The van der Waals surface area contributed by atoms with Crippen molar-refractivity contribution < 1.29 is 29.4 Å². The van der Waals surface area contributed by atoms with Crippen LogP contribution in [0.3, 0.4) is 0 Å². The van der Waals surface area contributed by atoms with Crippen LogP contribution in [0.1, 0.15) is 5.56 Å². The summed E-state index contributed by atoms with van der Waals surface area (Å²) in [6.07, 6.45) is 3.33. The topological polar surface area (TPSA) is 167 Å². The second-order valence-corrected chi connectivity index (χ2v) is 10.9. The Morgan fingerprint density at radius 2 is 0.846 bits per heavy atom. The zero-order chi connectivity index (χ0) is 37.0. The van der Waals surface area contributed by atoms with Crippen LogP contribution >= 0.6 is 0 Å². The van der Waals surface area contributed by atoms with Gasteiger partial charge in [0.25, 0.3) is 0 Å². The highest BCUT2D eigenvalue weighted by molar-refractivity contribution is 6.03. The number of nitriles is 1. The van der Waals surface area contributed by atoms with Crippen LogP contribution in [0.5, 0.6) is 0 Å². The summed E-state index contributed by atoms with van der Waals surface area (Å²) in [7, 11) is 0. The molecule has 52 heavy (non-hydrogen) atoms. The molecule has 12 heteroatoms. The highest BCUT2D eigenvalue weighted by Crippen LogP contribution is 2.40. The van der Waals surface area contributed by atoms with E-state index in [0.717, 1.165) is 47.1 Å². The molecule has 0 saturated heterocycles. The third-order valence-electron chi connectivity index (χ3n) is 7.40. The van der Waals surface area contributed by atoms with Crippen molar-refractivity contribution in [3.8, 4) is 6.07 Å². The van der Waals surface area contributed by atoms with E-state index >= 15 is 0 Å². The molecule has 5 aromatic rings. The summed E-state index contributed by atoms with van der Waals surface area (Å²) in [5, 5.41) is 32.2. The number of aliphatic carboxylic acids is 2. The minimum absolute atomic E-state index is 0.439. The number of carbonyl (C=O) groups is 4. The fraction of sp³-hybridized carbons (Fsp3) is 0. The SMILES string of the molecule is [C-]#[N+]c1ccc(N(c2ccc(C#N)cc2)c2ccc(N(c3ccc(NC(=O)/C=C\C(=O)O)cc3)c3ccc(NC(=O)/C=C\C(=O)O)cc3)cc2)cc1. The normalized spacial score (nSPS) is 10.6. The Bertz CT molecular complexity index is 2090. The van der Waals surface area contributed by atoms with E-state index in [1.165, 1.54) is 0 Å². The molecule has 5 aromatic carbocycles. The van der Waals surface area contributed by atoms with Crippen LogP contribution in [-0.2, 0) is 19.2 Å². The molecule has 0 fully saturated rings. The van der Waals surface area contributed by atoms with Gasteiger partial charge < -0.3 is 30.6 Å². The second-order valence-electron chi connectivity index (χ2n) is 10.9. The number of benzene rings is 5. The number of anilines is 8. The molecular formula is C40H28N6O6. The van der Waals surface area contributed by atoms with Gasteiger partial charge in [-0.1, -0.05) is 12.1 Å². The standard InChI is InChI=1S/C40H28N6O6/c1-42-28-4-12-32(13-5-28)45(31-10-2-27(26-41)3-11-31)35-18-20-36(21-19-35)46(33-14-6-29(7-15-33)43-37(47)22-24-39(49)50)34-16-8-30(9-17-34)44-38(48)23-25-40(51)52/h2-25H,(H,43,47)(H,44,48)(H,49,50)(H,51,52)/b24-22-,25-23-. The van der Waals surface area contributed by atoms with E-state index in [1.54, 1.807) is 72.8 Å². The molecule has 0 saturated carbocycles. The molecule has 0 aliphatic heterocycles. The van der Waals surface area contributed by atoms with Crippen molar-refractivity contribution in [3.63, 3.8) is 0 Å². The van der Waals surface area contributed by atoms with Crippen LogP contribution in [-0.4, -0.2) is 34.0 Å². The first kappa shape index (κ1) is 35.3. The second kappa shape index (κ2) is 16.4. The molecule has 0 aromatic heterocycles. The summed E-state index contributed by atoms with van der Waals surface area (Å²) in [5.74, 6) is -3.69. The molecular weight excluding hydrogens is 660 g/mol. The van der Waals surface area contributed by atoms with Crippen LogP contribution in [0, 0.1) is 17.9 Å². The van der Waals surface area contributed by atoms with Gasteiger partial charge in [0.05, 0.1) is 18.2 Å². The molecule has 0 spiro atoms. The third-order valence-corrected chi connectivity index (χ3v) is 7.40. The highest BCUT2D eigenvalue weighted by Gasteiger charge is 2.17. The summed E-state index contributed by atoms with van der Waals surface area (Å²) in [6, 6.07) is 37.9. The highest BCUT2D eigenvalue weighted by atomic mass is 16.4. The van der Waals surface area contributed by atoms with Gasteiger partial charge in [-0.15, -0.1) is 0 Å². The number of carboxylic acid groups (broad SMARTS) is 2. The van der Waals surface area contributed by atoms with E-state index in [-0.39, 0.29) is 0 Å². The van der Waals surface area contributed by atoms with Crippen molar-refractivity contribution in [1.82, 2.24) is 0 Å². The average Bonchev–Trinajstić information content (AvgIpc) is 3.16. The number of hydrogen-bond donors (Lipinski definition) is 4. The molecule has 2 amide bonds. The number of amides is 2. The fourth-order valence-electron chi connectivity index (χ4n) is 5.06. The maximum Gasteiger partial charge on any atom is 0.328 e. The Morgan fingerprint density at radius 1 is 0.538 bits per heavy atom. The molecule has 0 aliphatic carbocycles. The summed E-state index contributed by atoms with van der Waals surface area (Å²) in [4.78, 5) is 53.3. The van der Waals surface area contributed by atoms with Crippen molar-refractivity contribution in [2.24, 2.45) is 0 Å². The summed E-state index contributed by atoms with van der Waals surface area (Å²) >= 11 is 0. The number of nitrogens with one attached hydrogen (secondary N) is 2. The Kier molecular flexibility index (Phi) is 11.2. The zero-order valence-electron chi connectivity index (χ0n) is 27.2. The van der Waals surface area contributed by atoms with E-state index in [1.807, 2.05) is 58.3 Å². The van der Waals surface area contributed by atoms with Gasteiger partial charge in [0, 0.05) is 69.8 Å². The Hall–Kier alpha value is -7.96. The number of nitrogens with zero attached hydrogens (tertiary/aromatic N) is 4. The molecule has 0 aliphatic rings. The zero-order valence-corrected chi connectivity index (χ0v) is 27.2. The van der Waals surface area contributed by atoms with E-state index in [4.69, 9.17) is 16.8 Å². The van der Waals surface area contributed by atoms with Crippen molar-refractivity contribution in [2.45, 2.75) is 0 Å². The van der Waals surface area contributed by atoms with Gasteiger partial charge in [-0.2, -0.15) is 5.26 Å². The van der Waals surface area contributed by atoms with Crippen LogP contribution in [0.15, 0.2) is 146 Å². The summed E-state index contributed by atoms with van der Waals surface area (Å²) in [6.45, 7) is 7.34. The number of carbonyl (C=O) groups excluding carboxylic acids is 2. The first-order chi connectivity index (χ1) is 25.1. The summed E-state index contributed by atoms with van der Waals surface area (Å²) in [5.41, 5.74) is 6.43. The Labute approximate surface area is 298 Å². The van der Waals surface area contributed by atoms with Gasteiger partial charge >= 0.3 is 11.9 Å². The first-order valence-electron chi connectivity index (χ1n) is 15.5. The molecule has 0 bridgehead atoms. The van der Waals surface area contributed by atoms with Gasteiger partial charge in [0.15, 0.2) is 5.69 Å². The van der Waals surface area contributed by atoms with E-state index < -0.39 is 23.8 Å². The van der Waals surface area contributed by atoms with Crippen LogP contribution in [0.2, 0.25) is 0 Å². The molecule has 5 rings (SSSR count). The van der Waals surface area contributed by atoms with Gasteiger partial charge in [-0.25, -0.2) is 14.4 Å². The monoisotopic (exact) mass is 688 g/mol. The largest absolute Gasteiger partial charge is 0.478 e. The van der Waals surface area contributed by atoms with Gasteiger partial charge in [-0.3, -0.25) is 9.59 Å². The van der Waals surface area contributed by atoms with Gasteiger partial charge in [0.2, 0.25) is 11.8 Å². The van der Waals surface area contributed by atoms with E-state index in [0.29, 0.717) is 34.0 Å². The predicted molar refractivity (Wildman–Crippen MR) is 198 cm³/mol. The van der Waals surface area contributed by atoms with Crippen LogP contribution in [0.25, 0.3) is 4.85 Å². The van der Waals surface area contributed by atoms with E-state index in [9.17, 15) is 24.4 Å². The lowest BCUT2D eigenvalue weighted by atomic mass is 10.1.